The molecule has 132 valence electrons. The van der Waals surface area contributed by atoms with Crippen molar-refractivity contribution < 1.29 is 18.7 Å². The fraction of sp³-hybridized carbons (Fsp3) is 0.238. The molecule has 1 aliphatic carbocycles. The fourth-order valence-corrected chi connectivity index (χ4v) is 3.26. The Bertz CT molecular complexity index is 918. The Balaban J connectivity index is 1.58. The Hall–Kier alpha value is -2.95. The summed E-state index contributed by atoms with van der Waals surface area (Å²) in [5.41, 5.74) is 3.46. The Labute approximate surface area is 151 Å². The SMILES string of the molecule is CC1=C(CCc2ccc3c(c2)OCO3)C=C(c2cccnc2)C(F)C1=O. The second kappa shape index (κ2) is 6.75. The first-order valence-electron chi connectivity index (χ1n) is 8.52. The Morgan fingerprint density at radius 3 is 2.85 bits per heavy atom. The van der Waals surface area contributed by atoms with Crippen LogP contribution in [0.5, 0.6) is 11.5 Å². The van der Waals surface area contributed by atoms with E-state index in [2.05, 4.69) is 4.98 Å². The molecule has 1 aromatic carbocycles. The van der Waals surface area contributed by atoms with E-state index in [-0.39, 0.29) is 6.79 Å². The summed E-state index contributed by atoms with van der Waals surface area (Å²) >= 11 is 0. The number of aryl methyl sites for hydroxylation is 1. The van der Waals surface area contributed by atoms with Crippen molar-refractivity contribution in [2.24, 2.45) is 0 Å². The number of alkyl halides is 1. The maximum Gasteiger partial charge on any atom is 0.231 e. The minimum atomic E-state index is -1.63. The first-order valence-corrected chi connectivity index (χ1v) is 8.52. The number of aromatic nitrogens is 1. The van der Waals surface area contributed by atoms with Gasteiger partial charge in [0.2, 0.25) is 6.79 Å². The monoisotopic (exact) mass is 351 g/mol. The van der Waals surface area contributed by atoms with Crippen LogP contribution in [0.15, 0.2) is 59.9 Å². The van der Waals surface area contributed by atoms with Crippen LogP contribution >= 0.6 is 0 Å². The van der Waals surface area contributed by atoms with Crippen LogP contribution in [0.3, 0.4) is 0 Å². The van der Waals surface area contributed by atoms with E-state index in [9.17, 15) is 9.18 Å². The van der Waals surface area contributed by atoms with Crippen molar-refractivity contribution in [3.63, 3.8) is 0 Å². The lowest BCUT2D eigenvalue weighted by Crippen LogP contribution is -2.23. The third kappa shape index (κ3) is 3.01. The molecule has 0 saturated carbocycles. The summed E-state index contributed by atoms with van der Waals surface area (Å²) in [6.45, 7) is 1.94. The molecule has 2 aromatic rings. The molecular formula is C21H18FNO3. The van der Waals surface area contributed by atoms with Crippen LogP contribution in [0.1, 0.15) is 24.5 Å². The first kappa shape index (κ1) is 16.5. The zero-order valence-electron chi connectivity index (χ0n) is 14.4. The number of ether oxygens (including phenoxy) is 2. The average molecular weight is 351 g/mol. The fourth-order valence-electron chi connectivity index (χ4n) is 3.26. The lowest BCUT2D eigenvalue weighted by atomic mass is 9.85. The molecule has 1 atom stereocenters. The number of hydrogen-bond donors (Lipinski definition) is 0. The van der Waals surface area contributed by atoms with Crippen molar-refractivity contribution in [1.29, 1.82) is 0 Å². The van der Waals surface area contributed by atoms with Gasteiger partial charge in [-0.1, -0.05) is 18.2 Å². The normalized spacial score (nSPS) is 18.9. The third-order valence-electron chi connectivity index (χ3n) is 4.80. The number of nitrogens with zero attached hydrogens (tertiary/aromatic N) is 1. The van der Waals surface area contributed by atoms with Gasteiger partial charge in [-0.15, -0.1) is 0 Å². The lowest BCUT2D eigenvalue weighted by Gasteiger charge is -2.21. The van der Waals surface area contributed by atoms with Crippen LogP contribution in [0.2, 0.25) is 0 Å². The van der Waals surface area contributed by atoms with Crippen LogP contribution in [0.25, 0.3) is 5.57 Å². The largest absolute Gasteiger partial charge is 0.454 e. The van der Waals surface area contributed by atoms with Gasteiger partial charge in [0.25, 0.3) is 0 Å². The molecule has 0 spiro atoms. The molecule has 2 aliphatic rings. The Morgan fingerprint density at radius 2 is 2.04 bits per heavy atom. The van der Waals surface area contributed by atoms with Crippen molar-refractivity contribution in [3.8, 4) is 11.5 Å². The zero-order valence-corrected chi connectivity index (χ0v) is 14.4. The van der Waals surface area contributed by atoms with E-state index in [0.717, 1.165) is 29.1 Å². The highest BCUT2D eigenvalue weighted by atomic mass is 19.1. The van der Waals surface area contributed by atoms with E-state index in [4.69, 9.17) is 9.47 Å². The molecule has 0 saturated heterocycles. The average Bonchev–Trinajstić information content (AvgIpc) is 3.14. The number of halogens is 1. The van der Waals surface area contributed by atoms with Crippen LogP contribution in [-0.4, -0.2) is 23.7 Å². The lowest BCUT2D eigenvalue weighted by molar-refractivity contribution is -0.118. The molecule has 1 unspecified atom stereocenters. The van der Waals surface area contributed by atoms with Crippen molar-refractivity contribution >= 4 is 11.4 Å². The number of ketones is 1. The minimum absolute atomic E-state index is 0.243. The molecule has 1 aromatic heterocycles. The van der Waals surface area contributed by atoms with Crippen molar-refractivity contribution in [2.45, 2.75) is 25.9 Å². The highest BCUT2D eigenvalue weighted by molar-refractivity contribution is 6.09. The molecule has 0 fully saturated rings. The van der Waals surface area contributed by atoms with E-state index >= 15 is 0 Å². The number of carbonyl (C=O) groups is 1. The molecule has 26 heavy (non-hydrogen) atoms. The van der Waals surface area contributed by atoms with Gasteiger partial charge in [-0.2, -0.15) is 0 Å². The molecule has 0 N–H and O–H groups in total. The van der Waals surface area contributed by atoms with Gasteiger partial charge in [0.05, 0.1) is 0 Å². The van der Waals surface area contributed by atoms with Crippen molar-refractivity contribution in [2.75, 3.05) is 6.79 Å². The topological polar surface area (TPSA) is 48.4 Å². The molecule has 0 amide bonds. The molecule has 4 rings (SSSR count). The highest BCUT2D eigenvalue weighted by Crippen LogP contribution is 2.35. The van der Waals surface area contributed by atoms with Crippen LogP contribution in [-0.2, 0) is 11.2 Å². The highest BCUT2D eigenvalue weighted by Gasteiger charge is 2.30. The van der Waals surface area contributed by atoms with E-state index in [1.165, 1.54) is 0 Å². The van der Waals surface area contributed by atoms with E-state index in [1.807, 2.05) is 18.2 Å². The van der Waals surface area contributed by atoms with Crippen molar-refractivity contribution in [1.82, 2.24) is 4.98 Å². The zero-order chi connectivity index (χ0) is 18.1. The van der Waals surface area contributed by atoms with Gasteiger partial charge >= 0.3 is 0 Å². The van der Waals surface area contributed by atoms with Gasteiger partial charge in [-0.05, 0) is 60.2 Å². The number of pyridine rings is 1. The van der Waals surface area contributed by atoms with Crippen LogP contribution in [0.4, 0.5) is 4.39 Å². The molecule has 5 heteroatoms. The van der Waals surface area contributed by atoms with Crippen LogP contribution < -0.4 is 9.47 Å². The summed E-state index contributed by atoms with van der Waals surface area (Å²) in [7, 11) is 0. The minimum Gasteiger partial charge on any atom is -0.454 e. The number of allylic oxidation sites excluding steroid dienone is 4. The van der Waals surface area contributed by atoms with Crippen molar-refractivity contribution in [3.05, 3.63) is 71.1 Å². The molecule has 2 heterocycles. The molecular weight excluding hydrogens is 333 g/mol. The van der Waals surface area contributed by atoms with E-state index in [1.54, 1.807) is 37.5 Å². The third-order valence-corrected chi connectivity index (χ3v) is 4.80. The summed E-state index contributed by atoms with van der Waals surface area (Å²) in [6.07, 6.45) is 4.75. The molecule has 4 nitrogen and oxygen atoms in total. The predicted molar refractivity (Wildman–Crippen MR) is 95.7 cm³/mol. The number of fused-ring (bicyclic) bond motifs is 1. The molecule has 0 radical (unpaired) electrons. The summed E-state index contributed by atoms with van der Waals surface area (Å²) in [4.78, 5) is 16.4. The first-order chi connectivity index (χ1) is 12.6. The second-order valence-electron chi connectivity index (χ2n) is 6.41. The number of rotatable bonds is 4. The number of hydrogen-bond acceptors (Lipinski definition) is 4. The van der Waals surface area contributed by atoms with Crippen LogP contribution in [0, 0.1) is 0 Å². The maximum atomic E-state index is 14.6. The smallest absolute Gasteiger partial charge is 0.231 e. The van der Waals surface area contributed by atoms with Gasteiger partial charge < -0.3 is 9.47 Å². The predicted octanol–water partition coefficient (Wildman–Crippen LogP) is 4.06. The quantitative estimate of drug-likeness (QED) is 0.833. The summed E-state index contributed by atoms with van der Waals surface area (Å²) in [5.74, 6) is 1.02. The number of benzene rings is 1. The van der Waals surface area contributed by atoms with Gasteiger partial charge in [-0.25, -0.2) is 4.39 Å². The van der Waals surface area contributed by atoms with Gasteiger partial charge in [0.15, 0.2) is 23.5 Å². The molecule has 0 bridgehead atoms. The summed E-state index contributed by atoms with van der Waals surface area (Å²) in [6, 6.07) is 9.34. The standard InChI is InChI=1S/C21H18FNO3/c1-13-15(6-4-14-5-7-18-19(9-14)26-12-25-18)10-17(20(22)21(13)24)16-3-2-8-23-11-16/h2-3,5,7-11,20H,4,6,12H2,1H3. The Kier molecular flexibility index (Phi) is 4.29. The van der Waals surface area contributed by atoms with E-state index in [0.29, 0.717) is 23.1 Å². The maximum absolute atomic E-state index is 14.6. The summed E-state index contributed by atoms with van der Waals surface area (Å²) < 4.78 is 25.3. The second-order valence-corrected chi connectivity index (χ2v) is 6.41. The van der Waals surface area contributed by atoms with Gasteiger partial charge in [0.1, 0.15) is 0 Å². The van der Waals surface area contributed by atoms with Gasteiger partial charge in [0, 0.05) is 18.0 Å². The number of carbonyl (C=O) groups excluding carboxylic acids is 1. The van der Waals surface area contributed by atoms with E-state index < -0.39 is 12.0 Å². The summed E-state index contributed by atoms with van der Waals surface area (Å²) in [5, 5.41) is 0. The Morgan fingerprint density at radius 1 is 1.19 bits per heavy atom. The molecule has 1 aliphatic heterocycles. The number of Topliss-reactive ketones (excluding diaryl/α,β-unsaturated/α-hetero) is 1. The van der Waals surface area contributed by atoms with Gasteiger partial charge in [-0.3, -0.25) is 9.78 Å².